The van der Waals surface area contributed by atoms with Gasteiger partial charge < -0.3 is 4.89 Å². The number of rotatable bonds is 6. The van der Waals surface area contributed by atoms with Crippen LogP contribution in [0.15, 0.2) is 27.1 Å². The minimum Gasteiger partial charge on any atom is -0.354 e. The van der Waals surface area contributed by atoms with Crippen molar-refractivity contribution in [1.82, 2.24) is 0 Å². The van der Waals surface area contributed by atoms with Crippen molar-refractivity contribution >= 4 is 65.8 Å². The Labute approximate surface area is 135 Å². The highest BCUT2D eigenvalue weighted by Gasteiger charge is 2.21. The standard InChI is InChI=1S/C12H17Br2OPS2/c1-3-4-9(2)8-18-16(15,17)12-6-5-10(13)7-11(12)14/h5-7,9H,3-4,8H2,1-2H3,(H,15,17). The van der Waals surface area contributed by atoms with Crippen LogP contribution < -0.4 is 5.30 Å². The number of hydrogen-bond donors (Lipinski definition) is 1. The highest BCUT2D eigenvalue weighted by Crippen LogP contribution is 2.56. The van der Waals surface area contributed by atoms with E-state index in [1.54, 1.807) is 0 Å². The fourth-order valence-corrected chi connectivity index (χ4v) is 8.76. The summed E-state index contributed by atoms with van der Waals surface area (Å²) in [7, 11) is 0. The summed E-state index contributed by atoms with van der Waals surface area (Å²) in [6, 6.07) is 5.77. The largest absolute Gasteiger partial charge is 0.354 e. The molecule has 0 aliphatic heterocycles. The van der Waals surface area contributed by atoms with E-state index in [0.29, 0.717) is 5.92 Å². The number of halogens is 2. The lowest BCUT2D eigenvalue weighted by Crippen LogP contribution is -2.06. The molecule has 0 spiro atoms. The zero-order valence-corrected chi connectivity index (χ0v) is 16.1. The van der Waals surface area contributed by atoms with Gasteiger partial charge in [0.05, 0.1) is 0 Å². The van der Waals surface area contributed by atoms with E-state index in [1.165, 1.54) is 24.2 Å². The van der Waals surface area contributed by atoms with Crippen molar-refractivity contribution in [1.29, 1.82) is 0 Å². The highest BCUT2D eigenvalue weighted by molar-refractivity contribution is 9.11. The Kier molecular flexibility index (Phi) is 7.45. The average molecular weight is 432 g/mol. The van der Waals surface area contributed by atoms with Crippen molar-refractivity contribution in [2.75, 3.05) is 5.75 Å². The van der Waals surface area contributed by atoms with E-state index in [1.807, 2.05) is 18.2 Å². The van der Waals surface area contributed by atoms with E-state index < -0.39 is 5.47 Å². The molecule has 2 unspecified atom stereocenters. The molecule has 0 aliphatic rings. The molecule has 0 saturated heterocycles. The zero-order chi connectivity index (χ0) is 13.8. The lowest BCUT2D eigenvalue weighted by Gasteiger charge is -2.19. The average Bonchev–Trinajstić information content (AvgIpc) is 2.26. The van der Waals surface area contributed by atoms with E-state index in [4.69, 9.17) is 11.8 Å². The molecule has 102 valence electrons. The van der Waals surface area contributed by atoms with Gasteiger partial charge in [0.1, 0.15) is 5.47 Å². The lowest BCUT2D eigenvalue weighted by atomic mass is 10.1. The number of benzene rings is 1. The van der Waals surface area contributed by atoms with Crippen LogP contribution >= 0.6 is 48.7 Å². The smallest absolute Gasteiger partial charge is 0.147 e. The Morgan fingerprint density at radius 2 is 2.11 bits per heavy atom. The monoisotopic (exact) mass is 430 g/mol. The van der Waals surface area contributed by atoms with Crippen molar-refractivity contribution in [2.45, 2.75) is 26.7 Å². The highest BCUT2D eigenvalue weighted by atomic mass is 79.9. The van der Waals surface area contributed by atoms with Crippen molar-refractivity contribution in [3.63, 3.8) is 0 Å². The van der Waals surface area contributed by atoms with Crippen LogP contribution in [-0.2, 0) is 11.8 Å². The van der Waals surface area contributed by atoms with E-state index in [0.717, 1.165) is 20.0 Å². The third-order valence-electron chi connectivity index (χ3n) is 2.53. The van der Waals surface area contributed by atoms with Gasteiger partial charge in [-0.1, -0.05) is 65.8 Å². The molecule has 1 nitrogen and oxygen atoms in total. The van der Waals surface area contributed by atoms with E-state index in [2.05, 4.69) is 45.7 Å². The second kappa shape index (κ2) is 7.80. The molecule has 18 heavy (non-hydrogen) atoms. The van der Waals surface area contributed by atoms with Crippen LogP contribution in [0.1, 0.15) is 26.7 Å². The summed E-state index contributed by atoms with van der Waals surface area (Å²) in [5.74, 6) is 1.52. The first kappa shape index (κ1) is 17.2. The summed E-state index contributed by atoms with van der Waals surface area (Å²) in [5.41, 5.74) is -2.50. The quantitative estimate of drug-likeness (QED) is 0.616. The maximum Gasteiger partial charge on any atom is 0.147 e. The minimum absolute atomic E-state index is 0.601. The van der Waals surface area contributed by atoms with Gasteiger partial charge in [-0.25, -0.2) is 0 Å². The molecule has 0 saturated carbocycles. The van der Waals surface area contributed by atoms with E-state index in [-0.39, 0.29) is 0 Å². The Hall–Kier alpha value is 1.14. The molecule has 1 aromatic carbocycles. The molecular weight excluding hydrogens is 415 g/mol. The summed E-state index contributed by atoms with van der Waals surface area (Å²) >= 11 is 13.8. The zero-order valence-electron chi connectivity index (χ0n) is 10.4. The van der Waals surface area contributed by atoms with Gasteiger partial charge in [0, 0.05) is 20.0 Å². The molecule has 1 rings (SSSR count). The van der Waals surface area contributed by atoms with Gasteiger partial charge in [0.2, 0.25) is 0 Å². The summed E-state index contributed by atoms with van der Waals surface area (Å²) in [6.45, 7) is 4.39. The molecule has 0 heterocycles. The fraction of sp³-hybridized carbons (Fsp3) is 0.500. The van der Waals surface area contributed by atoms with Crippen LogP contribution in [0.25, 0.3) is 0 Å². The molecule has 1 aromatic rings. The summed E-state index contributed by atoms with van der Waals surface area (Å²) in [6.07, 6.45) is 2.36. The van der Waals surface area contributed by atoms with Crippen LogP contribution in [-0.4, -0.2) is 10.6 Å². The van der Waals surface area contributed by atoms with Crippen LogP contribution in [0.2, 0.25) is 0 Å². The molecule has 1 N–H and O–H groups in total. The van der Waals surface area contributed by atoms with Gasteiger partial charge in [-0.05, 0) is 40.0 Å². The van der Waals surface area contributed by atoms with Crippen LogP contribution in [0.5, 0.6) is 0 Å². The van der Waals surface area contributed by atoms with E-state index >= 15 is 0 Å². The van der Waals surface area contributed by atoms with E-state index in [9.17, 15) is 4.89 Å². The second-order valence-electron chi connectivity index (χ2n) is 4.31. The maximum absolute atomic E-state index is 10.5. The molecule has 2 atom stereocenters. The first-order chi connectivity index (χ1) is 8.36. The van der Waals surface area contributed by atoms with Gasteiger partial charge in [-0.15, -0.1) is 0 Å². The summed E-state index contributed by atoms with van der Waals surface area (Å²) in [4.78, 5) is 10.5. The predicted molar refractivity (Wildman–Crippen MR) is 94.5 cm³/mol. The van der Waals surface area contributed by atoms with Gasteiger partial charge >= 0.3 is 0 Å². The third-order valence-corrected chi connectivity index (χ3v) is 9.68. The molecule has 0 aliphatic carbocycles. The van der Waals surface area contributed by atoms with Crippen molar-refractivity contribution in [3.05, 3.63) is 27.1 Å². The molecular formula is C12H17Br2OPS2. The molecule has 0 bridgehead atoms. The third kappa shape index (κ3) is 5.26. The van der Waals surface area contributed by atoms with Crippen LogP contribution in [0.3, 0.4) is 0 Å². The molecule has 6 heteroatoms. The SMILES string of the molecule is CCCC(C)CSP(O)(=S)c1ccc(Br)cc1Br. The Morgan fingerprint density at radius 1 is 1.44 bits per heavy atom. The first-order valence-electron chi connectivity index (χ1n) is 5.79. The van der Waals surface area contributed by atoms with Gasteiger partial charge in [0.15, 0.2) is 0 Å². The summed E-state index contributed by atoms with van der Waals surface area (Å²) in [5, 5.41) is 0.856. The first-order valence-corrected chi connectivity index (χ1v) is 11.7. The Morgan fingerprint density at radius 3 is 2.67 bits per heavy atom. The second-order valence-corrected chi connectivity index (χ2v) is 12.8. The van der Waals surface area contributed by atoms with Crippen LogP contribution in [0.4, 0.5) is 0 Å². The summed E-state index contributed by atoms with van der Waals surface area (Å²) < 4.78 is 1.87. The fourth-order valence-electron chi connectivity index (χ4n) is 1.58. The molecule has 0 radical (unpaired) electrons. The van der Waals surface area contributed by atoms with Crippen molar-refractivity contribution < 1.29 is 4.89 Å². The lowest BCUT2D eigenvalue weighted by molar-refractivity contribution is 0.585. The maximum atomic E-state index is 10.5. The Bertz CT molecular complexity index is 454. The predicted octanol–water partition coefficient (Wildman–Crippen LogP) is 5.31. The minimum atomic E-state index is -2.50. The molecule has 0 aromatic heterocycles. The van der Waals surface area contributed by atoms with Gasteiger partial charge in [0.25, 0.3) is 0 Å². The van der Waals surface area contributed by atoms with Crippen LogP contribution in [0, 0.1) is 5.92 Å². The van der Waals surface area contributed by atoms with Crippen molar-refractivity contribution in [3.8, 4) is 0 Å². The normalized spacial score (nSPS) is 16.3. The van der Waals surface area contributed by atoms with Gasteiger partial charge in [-0.3, -0.25) is 0 Å². The Balaban J connectivity index is 2.77. The molecule has 0 fully saturated rings. The van der Waals surface area contributed by atoms with Crippen molar-refractivity contribution in [2.24, 2.45) is 5.92 Å². The van der Waals surface area contributed by atoms with Gasteiger partial charge in [-0.2, -0.15) is 0 Å². The molecule has 0 amide bonds. The topological polar surface area (TPSA) is 20.2 Å². The number of hydrogen-bond acceptors (Lipinski definition) is 2.